The molecule has 0 aromatic heterocycles. The van der Waals surface area contributed by atoms with Crippen molar-refractivity contribution in [3.05, 3.63) is 0 Å². The highest BCUT2D eigenvalue weighted by atomic mass is 16.1. The van der Waals surface area contributed by atoms with Crippen molar-refractivity contribution in [3.8, 4) is 0 Å². The molecule has 0 saturated heterocycles. The standard InChI is InChI=1S/C9H14O2/c1-9(2)5-7(6-11)8(9)3-4-10/h4,6-8H,3,5H2,1-2H3. The molecule has 2 atom stereocenters. The van der Waals surface area contributed by atoms with E-state index in [9.17, 15) is 9.59 Å². The lowest BCUT2D eigenvalue weighted by atomic mass is 9.55. The van der Waals surface area contributed by atoms with Crippen LogP contribution in [0.2, 0.25) is 0 Å². The molecule has 0 aliphatic heterocycles. The predicted molar refractivity (Wildman–Crippen MR) is 42.1 cm³/mol. The maximum Gasteiger partial charge on any atom is 0.123 e. The van der Waals surface area contributed by atoms with Crippen LogP contribution in [0.3, 0.4) is 0 Å². The van der Waals surface area contributed by atoms with Gasteiger partial charge in [-0.15, -0.1) is 0 Å². The van der Waals surface area contributed by atoms with Gasteiger partial charge in [-0.25, -0.2) is 0 Å². The molecule has 0 amide bonds. The Balaban J connectivity index is 2.55. The van der Waals surface area contributed by atoms with Crippen molar-refractivity contribution in [1.82, 2.24) is 0 Å². The predicted octanol–water partition coefficient (Wildman–Crippen LogP) is 1.44. The fourth-order valence-electron chi connectivity index (χ4n) is 2.06. The molecule has 0 N–H and O–H groups in total. The number of hydrogen-bond acceptors (Lipinski definition) is 2. The van der Waals surface area contributed by atoms with Crippen LogP contribution in [0.15, 0.2) is 0 Å². The van der Waals surface area contributed by atoms with Gasteiger partial charge >= 0.3 is 0 Å². The van der Waals surface area contributed by atoms with Crippen molar-refractivity contribution in [2.75, 3.05) is 0 Å². The molecule has 1 aliphatic carbocycles. The van der Waals surface area contributed by atoms with Crippen molar-refractivity contribution >= 4 is 12.6 Å². The summed E-state index contributed by atoms with van der Waals surface area (Å²) in [7, 11) is 0. The van der Waals surface area contributed by atoms with Gasteiger partial charge < -0.3 is 9.59 Å². The minimum atomic E-state index is 0.134. The van der Waals surface area contributed by atoms with Crippen LogP contribution in [0, 0.1) is 17.3 Å². The average molecular weight is 154 g/mol. The lowest BCUT2D eigenvalue weighted by molar-refractivity contribution is -0.126. The Morgan fingerprint density at radius 1 is 1.45 bits per heavy atom. The van der Waals surface area contributed by atoms with E-state index in [-0.39, 0.29) is 17.3 Å². The molecule has 0 spiro atoms. The van der Waals surface area contributed by atoms with Gasteiger partial charge in [0.1, 0.15) is 12.6 Å². The zero-order valence-corrected chi connectivity index (χ0v) is 7.04. The Labute approximate surface area is 67.0 Å². The van der Waals surface area contributed by atoms with Crippen LogP contribution in [0.5, 0.6) is 0 Å². The van der Waals surface area contributed by atoms with Gasteiger partial charge in [0.25, 0.3) is 0 Å². The van der Waals surface area contributed by atoms with E-state index >= 15 is 0 Å². The van der Waals surface area contributed by atoms with Gasteiger partial charge in [-0.1, -0.05) is 13.8 Å². The maximum absolute atomic E-state index is 10.4. The number of rotatable bonds is 3. The highest BCUT2D eigenvalue weighted by Crippen LogP contribution is 2.50. The number of carbonyl (C=O) groups is 2. The van der Waals surface area contributed by atoms with Crippen molar-refractivity contribution in [2.24, 2.45) is 17.3 Å². The Morgan fingerprint density at radius 3 is 2.45 bits per heavy atom. The number of carbonyl (C=O) groups excluding carboxylic acids is 2. The van der Waals surface area contributed by atoms with Crippen LogP contribution in [0.25, 0.3) is 0 Å². The van der Waals surface area contributed by atoms with E-state index in [0.717, 1.165) is 19.0 Å². The fourth-order valence-corrected chi connectivity index (χ4v) is 2.06. The first kappa shape index (κ1) is 8.44. The minimum absolute atomic E-state index is 0.134. The molecule has 11 heavy (non-hydrogen) atoms. The molecule has 0 aromatic rings. The highest BCUT2D eigenvalue weighted by molar-refractivity contribution is 5.59. The summed E-state index contributed by atoms with van der Waals surface area (Å²) in [5.41, 5.74) is 0.201. The van der Waals surface area contributed by atoms with E-state index in [0.29, 0.717) is 6.42 Å². The van der Waals surface area contributed by atoms with E-state index in [1.807, 2.05) is 0 Å². The molecule has 2 nitrogen and oxygen atoms in total. The summed E-state index contributed by atoms with van der Waals surface area (Å²) in [6.07, 6.45) is 3.38. The minimum Gasteiger partial charge on any atom is -0.303 e. The number of hydrogen-bond donors (Lipinski definition) is 0. The molecule has 0 radical (unpaired) electrons. The van der Waals surface area contributed by atoms with Crippen LogP contribution >= 0.6 is 0 Å². The van der Waals surface area contributed by atoms with E-state index in [2.05, 4.69) is 13.8 Å². The molecule has 2 heteroatoms. The summed E-state index contributed by atoms with van der Waals surface area (Å²) >= 11 is 0. The van der Waals surface area contributed by atoms with Crippen LogP contribution in [0.4, 0.5) is 0 Å². The third-order valence-corrected chi connectivity index (χ3v) is 2.81. The summed E-state index contributed by atoms with van der Waals surface area (Å²) in [5, 5.41) is 0. The van der Waals surface area contributed by atoms with Gasteiger partial charge in [0.15, 0.2) is 0 Å². The van der Waals surface area contributed by atoms with Crippen molar-refractivity contribution in [3.63, 3.8) is 0 Å². The molecular weight excluding hydrogens is 140 g/mol. The topological polar surface area (TPSA) is 34.1 Å². The van der Waals surface area contributed by atoms with Crippen molar-refractivity contribution in [1.29, 1.82) is 0 Å². The Hall–Kier alpha value is -0.660. The van der Waals surface area contributed by atoms with Crippen LogP contribution in [-0.2, 0) is 9.59 Å². The van der Waals surface area contributed by atoms with E-state index in [4.69, 9.17) is 0 Å². The molecule has 1 fully saturated rings. The second-order valence-electron chi connectivity index (χ2n) is 4.00. The van der Waals surface area contributed by atoms with Crippen LogP contribution in [0.1, 0.15) is 26.7 Å². The van der Waals surface area contributed by atoms with Crippen molar-refractivity contribution in [2.45, 2.75) is 26.7 Å². The third kappa shape index (κ3) is 1.35. The Bertz CT molecular complexity index is 172. The first-order valence-electron chi connectivity index (χ1n) is 4.01. The first-order chi connectivity index (χ1) is 5.11. The summed E-state index contributed by atoms with van der Waals surface area (Å²) in [6.45, 7) is 4.22. The summed E-state index contributed by atoms with van der Waals surface area (Å²) < 4.78 is 0. The SMILES string of the molecule is CC1(C)CC(C=O)C1CC=O. The quantitative estimate of drug-likeness (QED) is 0.576. The highest BCUT2D eigenvalue weighted by Gasteiger charge is 2.46. The molecule has 62 valence electrons. The molecule has 0 heterocycles. The fraction of sp³-hybridized carbons (Fsp3) is 0.778. The lowest BCUT2D eigenvalue weighted by Crippen LogP contribution is -2.44. The Morgan fingerprint density at radius 2 is 2.09 bits per heavy atom. The third-order valence-electron chi connectivity index (χ3n) is 2.81. The normalized spacial score (nSPS) is 34.0. The van der Waals surface area contributed by atoms with Crippen LogP contribution < -0.4 is 0 Å². The van der Waals surface area contributed by atoms with Crippen molar-refractivity contribution < 1.29 is 9.59 Å². The smallest absolute Gasteiger partial charge is 0.123 e. The molecule has 2 unspecified atom stereocenters. The van der Waals surface area contributed by atoms with Gasteiger partial charge in [0, 0.05) is 12.3 Å². The summed E-state index contributed by atoms with van der Waals surface area (Å²) in [5.74, 6) is 0.424. The second kappa shape index (κ2) is 2.76. The van der Waals surface area contributed by atoms with Gasteiger partial charge in [-0.2, -0.15) is 0 Å². The van der Waals surface area contributed by atoms with Gasteiger partial charge in [0.05, 0.1) is 0 Å². The van der Waals surface area contributed by atoms with Gasteiger partial charge in [-0.05, 0) is 17.8 Å². The molecule has 0 aromatic carbocycles. The summed E-state index contributed by atoms with van der Waals surface area (Å²) in [6, 6.07) is 0. The van der Waals surface area contributed by atoms with Gasteiger partial charge in [-0.3, -0.25) is 0 Å². The monoisotopic (exact) mass is 154 g/mol. The maximum atomic E-state index is 10.4. The molecule has 1 aliphatic rings. The van der Waals surface area contributed by atoms with E-state index < -0.39 is 0 Å². The zero-order valence-electron chi connectivity index (χ0n) is 7.04. The second-order valence-corrected chi connectivity index (χ2v) is 4.00. The molecule has 1 rings (SSSR count). The first-order valence-corrected chi connectivity index (χ1v) is 4.01. The Kier molecular flexibility index (Phi) is 2.12. The van der Waals surface area contributed by atoms with Crippen LogP contribution in [-0.4, -0.2) is 12.6 Å². The zero-order chi connectivity index (χ0) is 8.48. The molecule has 1 saturated carbocycles. The lowest BCUT2D eigenvalue weighted by Gasteiger charge is -2.48. The summed E-state index contributed by atoms with van der Waals surface area (Å²) in [4.78, 5) is 20.7. The average Bonchev–Trinajstić information content (AvgIpc) is 1.96. The number of aldehydes is 2. The van der Waals surface area contributed by atoms with E-state index in [1.165, 1.54) is 0 Å². The van der Waals surface area contributed by atoms with E-state index in [1.54, 1.807) is 0 Å². The molecular formula is C9H14O2. The molecule has 0 bridgehead atoms. The largest absolute Gasteiger partial charge is 0.303 e. The van der Waals surface area contributed by atoms with Gasteiger partial charge in [0.2, 0.25) is 0 Å².